The van der Waals surface area contributed by atoms with Crippen LogP contribution in [0.5, 0.6) is 0 Å². The number of amides is 2. The van der Waals surface area contributed by atoms with Crippen molar-refractivity contribution in [2.45, 2.75) is 45.7 Å². The van der Waals surface area contributed by atoms with Crippen molar-refractivity contribution in [3.05, 3.63) is 0 Å². The summed E-state index contributed by atoms with van der Waals surface area (Å²) in [6.07, 6.45) is 2.52. The highest BCUT2D eigenvalue weighted by Gasteiger charge is 2.36. The van der Waals surface area contributed by atoms with Crippen molar-refractivity contribution in [2.75, 3.05) is 45.8 Å². The summed E-state index contributed by atoms with van der Waals surface area (Å²) in [6.45, 7) is 12.1. The van der Waals surface area contributed by atoms with Gasteiger partial charge in [0.2, 0.25) is 11.8 Å². The highest BCUT2D eigenvalue weighted by Crippen LogP contribution is 2.32. The van der Waals surface area contributed by atoms with Crippen molar-refractivity contribution in [3.63, 3.8) is 0 Å². The monoisotopic (exact) mass is 336 g/mol. The molecule has 3 fully saturated rings. The van der Waals surface area contributed by atoms with E-state index in [4.69, 9.17) is 0 Å². The van der Waals surface area contributed by atoms with Crippen LogP contribution in [0.15, 0.2) is 0 Å². The molecule has 136 valence electrons. The Morgan fingerprint density at radius 2 is 1.79 bits per heavy atom. The molecule has 24 heavy (non-hydrogen) atoms. The molecule has 2 amide bonds. The Bertz CT molecular complexity index is 472. The number of hydrogen-bond acceptors (Lipinski definition) is 4. The molecule has 3 aliphatic rings. The van der Waals surface area contributed by atoms with Gasteiger partial charge in [0.15, 0.2) is 0 Å². The van der Waals surface area contributed by atoms with Crippen LogP contribution in [0.2, 0.25) is 0 Å². The molecule has 0 aromatic carbocycles. The van der Waals surface area contributed by atoms with E-state index in [1.54, 1.807) is 6.92 Å². The number of carbonyl (C=O) groups is 2. The molecule has 1 N–H and O–H groups in total. The number of hydrogen-bond donors (Lipinski definition) is 1. The fraction of sp³-hybridized carbons (Fsp3) is 0.889. The molecule has 2 aliphatic heterocycles. The standard InChI is InChI=1S/C18H32N4O2/c1-13-10-20(12-18(24)19-14(2)16-4-5-16)11-17(13)22-8-6-21(7-9-22)15(3)23/h13-14,16-17H,4-12H2,1-3H3,(H,19,24)/t13-,14+,17-/m1/s1. The molecule has 3 atom stereocenters. The van der Waals surface area contributed by atoms with E-state index in [0.717, 1.165) is 39.3 Å². The Morgan fingerprint density at radius 3 is 2.38 bits per heavy atom. The average molecular weight is 336 g/mol. The first kappa shape index (κ1) is 17.7. The molecular formula is C18H32N4O2. The van der Waals surface area contributed by atoms with Crippen molar-refractivity contribution in [2.24, 2.45) is 11.8 Å². The fourth-order valence-corrected chi connectivity index (χ4v) is 4.24. The molecule has 0 aromatic rings. The van der Waals surface area contributed by atoms with Crippen LogP contribution in [0, 0.1) is 11.8 Å². The minimum absolute atomic E-state index is 0.170. The minimum atomic E-state index is 0.170. The van der Waals surface area contributed by atoms with Gasteiger partial charge in [-0.2, -0.15) is 0 Å². The van der Waals surface area contributed by atoms with Gasteiger partial charge in [-0.1, -0.05) is 6.92 Å². The third kappa shape index (κ3) is 4.28. The van der Waals surface area contributed by atoms with Gasteiger partial charge >= 0.3 is 0 Å². The molecule has 0 spiro atoms. The summed E-state index contributed by atoms with van der Waals surface area (Å²) >= 11 is 0. The van der Waals surface area contributed by atoms with Gasteiger partial charge in [-0.25, -0.2) is 0 Å². The fourth-order valence-electron chi connectivity index (χ4n) is 4.24. The maximum absolute atomic E-state index is 12.2. The lowest BCUT2D eigenvalue weighted by Gasteiger charge is -2.39. The maximum Gasteiger partial charge on any atom is 0.234 e. The lowest BCUT2D eigenvalue weighted by atomic mass is 10.0. The van der Waals surface area contributed by atoms with Crippen LogP contribution in [0.25, 0.3) is 0 Å². The Labute approximate surface area is 145 Å². The van der Waals surface area contributed by atoms with Crippen molar-refractivity contribution in [3.8, 4) is 0 Å². The number of likely N-dealkylation sites (tertiary alicyclic amines) is 1. The third-order valence-electron chi connectivity index (χ3n) is 5.96. The average Bonchev–Trinajstić information content (AvgIpc) is 3.32. The number of piperazine rings is 1. The number of nitrogens with one attached hydrogen (secondary N) is 1. The topological polar surface area (TPSA) is 55.9 Å². The minimum Gasteiger partial charge on any atom is -0.352 e. The number of nitrogens with zero attached hydrogens (tertiary/aromatic N) is 3. The summed E-state index contributed by atoms with van der Waals surface area (Å²) in [5.74, 6) is 1.63. The van der Waals surface area contributed by atoms with Crippen molar-refractivity contribution in [1.82, 2.24) is 20.0 Å². The van der Waals surface area contributed by atoms with Gasteiger partial charge in [0.25, 0.3) is 0 Å². The molecule has 0 aromatic heterocycles. The normalized spacial score (nSPS) is 30.4. The Morgan fingerprint density at radius 1 is 1.12 bits per heavy atom. The van der Waals surface area contributed by atoms with Crippen LogP contribution in [-0.2, 0) is 9.59 Å². The summed E-state index contributed by atoms with van der Waals surface area (Å²) < 4.78 is 0. The Balaban J connectivity index is 1.44. The van der Waals surface area contributed by atoms with Gasteiger partial charge < -0.3 is 10.2 Å². The zero-order valence-electron chi connectivity index (χ0n) is 15.3. The summed E-state index contributed by atoms with van der Waals surface area (Å²) in [7, 11) is 0. The maximum atomic E-state index is 12.2. The first-order chi connectivity index (χ1) is 11.4. The highest BCUT2D eigenvalue weighted by atomic mass is 16.2. The molecule has 0 radical (unpaired) electrons. The van der Waals surface area contributed by atoms with E-state index >= 15 is 0 Å². The van der Waals surface area contributed by atoms with Crippen LogP contribution in [0.1, 0.15) is 33.6 Å². The predicted molar refractivity (Wildman–Crippen MR) is 93.5 cm³/mol. The summed E-state index contributed by atoms with van der Waals surface area (Å²) in [6, 6.07) is 0.834. The van der Waals surface area contributed by atoms with Gasteiger partial charge in [0.05, 0.1) is 6.54 Å². The second kappa shape index (κ2) is 7.40. The van der Waals surface area contributed by atoms with Gasteiger partial charge in [-0.05, 0) is 31.6 Å². The summed E-state index contributed by atoms with van der Waals surface area (Å²) in [5, 5.41) is 3.16. The van der Waals surface area contributed by atoms with Gasteiger partial charge in [-0.3, -0.25) is 19.4 Å². The van der Waals surface area contributed by atoms with E-state index < -0.39 is 0 Å². The smallest absolute Gasteiger partial charge is 0.234 e. The van der Waals surface area contributed by atoms with Crippen LogP contribution in [0.3, 0.4) is 0 Å². The second-order valence-corrected chi connectivity index (χ2v) is 7.97. The van der Waals surface area contributed by atoms with E-state index in [1.165, 1.54) is 12.8 Å². The molecule has 2 saturated heterocycles. The van der Waals surface area contributed by atoms with Gasteiger partial charge in [0, 0.05) is 58.3 Å². The van der Waals surface area contributed by atoms with Crippen LogP contribution in [-0.4, -0.2) is 84.4 Å². The van der Waals surface area contributed by atoms with Crippen LogP contribution < -0.4 is 5.32 Å². The predicted octanol–water partition coefficient (Wildman–Crippen LogP) is 0.386. The van der Waals surface area contributed by atoms with Crippen molar-refractivity contribution >= 4 is 11.8 Å². The number of rotatable bonds is 5. The molecule has 6 nitrogen and oxygen atoms in total. The van der Waals surface area contributed by atoms with Crippen molar-refractivity contribution in [1.29, 1.82) is 0 Å². The largest absolute Gasteiger partial charge is 0.352 e. The van der Waals surface area contributed by atoms with E-state index in [1.807, 2.05) is 4.90 Å². The zero-order valence-corrected chi connectivity index (χ0v) is 15.3. The lowest BCUT2D eigenvalue weighted by Crippen LogP contribution is -2.53. The molecule has 0 unspecified atom stereocenters. The molecule has 6 heteroatoms. The molecule has 1 aliphatic carbocycles. The second-order valence-electron chi connectivity index (χ2n) is 7.97. The SMILES string of the molecule is CC(=O)N1CCN([C@@H]2CN(CC(=O)N[C@@H](C)C3CC3)C[C@H]2C)CC1. The first-order valence-electron chi connectivity index (χ1n) is 9.45. The molecule has 1 saturated carbocycles. The van der Waals surface area contributed by atoms with Crippen molar-refractivity contribution < 1.29 is 9.59 Å². The van der Waals surface area contributed by atoms with E-state index in [0.29, 0.717) is 30.5 Å². The number of carbonyl (C=O) groups excluding carboxylic acids is 2. The summed E-state index contributed by atoms with van der Waals surface area (Å²) in [4.78, 5) is 30.4. The molecular weight excluding hydrogens is 304 g/mol. The molecule has 3 rings (SSSR count). The lowest BCUT2D eigenvalue weighted by molar-refractivity contribution is -0.131. The Kier molecular flexibility index (Phi) is 5.45. The van der Waals surface area contributed by atoms with E-state index in [2.05, 4.69) is 29.0 Å². The Hall–Kier alpha value is -1.14. The summed E-state index contributed by atoms with van der Waals surface area (Å²) in [5.41, 5.74) is 0. The van der Waals surface area contributed by atoms with E-state index in [-0.39, 0.29) is 11.8 Å². The third-order valence-corrected chi connectivity index (χ3v) is 5.96. The molecule has 0 bridgehead atoms. The van der Waals surface area contributed by atoms with Crippen LogP contribution >= 0.6 is 0 Å². The zero-order chi connectivity index (χ0) is 17.3. The molecule has 2 heterocycles. The van der Waals surface area contributed by atoms with Crippen LogP contribution in [0.4, 0.5) is 0 Å². The highest BCUT2D eigenvalue weighted by molar-refractivity contribution is 5.78. The van der Waals surface area contributed by atoms with E-state index in [9.17, 15) is 9.59 Å². The van der Waals surface area contributed by atoms with Gasteiger partial charge in [0.1, 0.15) is 0 Å². The van der Waals surface area contributed by atoms with Gasteiger partial charge in [-0.15, -0.1) is 0 Å². The first-order valence-corrected chi connectivity index (χ1v) is 9.45. The quantitative estimate of drug-likeness (QED) is 0.789.